The van der Waals surface area contributed by atoms with Crippen molar-refractivity contribution in [1.29, 1.82) is 0 Å². The lowest BCUT2D eigenvalue weighted by Crippen LogP contribution is -2.43. The van der Waals surface area contributed by atoms with E-state index in [0.29, 0.717) is 30.3 Å². The van der Waals surface area contributed by atoms with E-state index in [1.807, 2.05) is 0 Å². The van der Waals surface area contributed by atoms with Crippen LogP contribution < -0.4 is 5.32 Å². The van der Waals surface area contributed by atoms with Crippen LogP contribution in [-0.2, 0) is 9.53 Å². The average Bonchev–Trinajstić information content (AvgIpc) is 2.82. The predicted octanol–water partition coefficient (Wildman–Crippen LogP) is 3.21. The van der Waals surface area contributed by atoms with Gasteiger partial charge in [-0.2, -0.15) is 0 Å². The topological polar surface area (TPSA) is 41.6 Å². The summed E-state index contributed by atoms with van der Waals surface area (Å²) in [5, 5.41) is 3.60. The fourth-order valence-corrected chi connectivity index (χ4v) is 3.96. The Morgan fingerprint density at radius 3 is 2.48 bits per heavy atom. The van der Waals surface area contributed by atoms with E-state index in [2.05, 4.69) is 31.0 Å². The summed E-state index contributed by atoms with van der Waals surface area (Å²) in [6.45, 7) is 10.4. The van der Waals surface area contributed by atoms with E-state index in [1.54, 1.807) is 0 Å². The van der Waals surface area contributed by atoms with Crippen LogP contribution in [0.2, 0.25) is 0 Å². The van der Waals surface area contributed by atoms with Gasteiger partial charge < -0.3 is 15.0 Å². The van der Waals surface area contributed by atoms with Gasteiger partial charge in [0.15, 0.2) is 0 Å². The van der Waals surface area contributed by atoms with Gasteiger partial charge in [0.25, 0.3) is 0 Å². The second kappa shape index (κ2) is 9.63. The summed E-state index contributed by atoms with van der Waals surface area (Å²) >= 11 is 0. The van der Waals surface area contributed by atoms with E-state index >= 15 is 0 Å². The monoisotopic (exact) mass is 324 g/mol. The zero-order chi connectivity index (χ0) is 16.7. The third-order valence-corrected chi connectivity index (χ3v) is 5.32. The van der Waals surface area contributed by atoms with Crippen molar-refractivity contribution in [2.45, 2.75) is 77.9 Å². The number of hydrogen-bond acceptors (Lipinski definition) is 3. The Balaban J connectivity index is 1.73. The van der Waals surface area contributed by atoms with Crippen LogP contribution in [0.4, 0.5) is 0 Å². The van der Waals surface area contributed by atoms with E-state index in [4.69, 9.17) is 4.74 Å². The van der Waals surface area contributed by atoms with Crippen molar-refractivity contribution in [3.05, 3.63) is 0 Å². The van der Waals surface area contributed by atoms with Crippen molar-refractivity contribution in [3.8, 4) is 0 Å². The molecular formula is C19H36N2O2. The van der Waals surface area contributed by atoms with Crippen LogP contribution in [0, 0.1) is 11.8 Å². The zero-order valence-electron chi connectivity index (χ0n) is 15.4. The largest absolute Gasteiger partial charge is 0.378 e. The SMILES string of the molecule is CC(C)[C@@H]1OCCC[C@@H]1CN[C@H](C)CC(=O)N1CCCCCC1. The quantitative estimate of drug-likeness (QED) is 0.816. The fourth-order valence-electron chi connectivity index (χ4n) is 3.96. The highest BCUT2D eigenvalue weighted by Crippen LogP contribution is 2.25. The lowest BCUT2D eigenvalue weighted by molar-refractivity contribution is -0.131. The number of rotatable bonds is 6. The molecule has 0 spiro atoms. The van der Waals surface area contributed by atoms with Crippen molar-refractivity contribution >= 4 is 5.91 Å². The number of hydrogen-bond donors (Lipinski definition) is 1. The number of nitrogens with one attached hydrogen (secondary N) is 1. The van der Waals surface area contributed by atoms with Crippen molar-refractivity contribution in [3.63, 3.8) is 0 Å². The van der Waals surface area contributed by atoms with Gasteiger partial charge in [0, 0.05) is 38.7 Å². The first-order valence-electron chi connectivity index (χ1n) is 9.70. The molecule has 0 saturated carbocycles. The van der Waals surface area contributed by atoms with Gasteiger partial charge in [-0.3, -0.25) is 4.79 Å². The highest BCUT2D eigenvalue weighted by Gasteiger charge is 2.28. The third kappa shape index (κ3) is 6.07. The molecule has 134 valence electrons. The van der Waals surface area contributed by atoms with E-state index in [0.717, 1.165) is 32.7 Å². The Kier molecular flexibility index (Phi) is 7.84. The predicted molar refractivity (Wildman–Crippen MR) is 94.4 cm³/mol. The molecule has 0 aliphatic carbocycles. The van der Waals surface area contributed by atoms with Crippen molar-refractivity contribution in [1.82, 2.24) is 10.2 Å². The molecule has 2 rings (SSSR count). The summed E-state index contributed by atoms with van der Waals surface area (Å²) in [5.41, 5.74) is 0. The Morgan fingerprint density at radius 1 is 1.13 bits per heavy atom. The minimum absolute atomic E-state index is 0.250. The molecule has 2 saturated heterocycles. The summed E-state index contributed by atoms with van der Waals surface area (Å²) in [6, 6.07) is 0.250. The Morgan fingerprint density at radius 2 is 1.83 bits per heavy atom. The van der Waals surface area contributed by atoms with Crippen molar-refractivity contribution < 1.29 is 9.53 Å². The van der Waals surface area contributed by atoms with Crippen LogP contribution in [0.3, 0.4) is 0 Å². The van der Waals surface area contributed by atoms with Gasteiger partial charge in [-0.25, -0.2) is 0 Å². The maximum Gasteiger partial charge on any atom is 0.224 e. The van der Waals surface area contributed by atoms with Gasteiger partial charge in [0.2, 0.25) is 5.91 Å². The van der Waals surface area contributed by atoms with Crippen molar-refractivity contribution in [2.24, 2.45) is 11.8 Å². The first kappa shape index (κ1) is 18.7. The van der Waals surface area contributed by atoms with E-state index < -0.39 is 0 Å². The fraction of sp³-hybridized carbons (Fsp3) is 0.947. The lowest BCUT2D eigenvalue weighted by atomic mass is 9.87. The van der Waals surface area contributed by atoms with Crippen LogP contribution in [0.1, 0.15) is 65.7 Å². The van der Waals surface area contributed by atoms with Crippen molar-refractivity contribution in [2.75, 3.05) is 26.2 Å². The van der Waals surface area contributed by atoms with E-state index in [-0.39, 0.29) is 6.04 Å². The molecule has 0 aromatic rings. The second-order valence-electron chi connectivity index (χ2n) is 7.79. The number of amides is 1. The van der Waals surface area contributed by atoms with Gasteiger partial charge in [-0.15, -0.1) is 0 Å². The Bertz CT molecular complexity index is 351. The first-order valence-corrected chi connectivity index (χ1v) is 9.70. The molecule has 0 aromatic carbocycles. The molecule has 2 aliphatic rings. The summed E-state index contributed by atoms with van der Waals surface area (Å²) < 4.78 is 5.96. The van der Waals surface area contributed by atoms with Crippen LogP contribution >= 0.6 is 0 Å². The minimum Gasteiger partial charge on any atom is -0.378 e. The number of carbonyl (C=O) groups is 1. The molecule has 2 aliphatic heterocycles. The normalized spacial score (nSPS) is 27.7. The van der Waals surface area contributed by atoms with Crippen LogP contribution in [0.5, 0.6) is 0 Å². The van der Waals surface area contributed by atoms with E-state index in [9.17, 15) is 4.79 Å². The number of ether oxygens (including phenoxy) is 1. The minimum atomic E-state index is 0.250. The highest BCUT2D eigenvalue weighted by atomic mass is 16.5. The third-order valence-electron chi connectivity index (χ3n) is 5.32. The number of nitrogens with zero attached hydrogens (tertiary/aromatic N) is 1. The van der Waals surface area contributed by atoms with Gasteiger partial charge in [0.1, 0.15) is 0 Å². The molecule has 2 fully saturated rings. The summed E-state index contributed by atoms with van der Waals surface area (Å²) in [5.74, 6) is 1.47. The standard InChI is InChI=1S/C19H36N2O2/c1-15(2)19-17(9-8-12-23-19)14-20-16(3)13-18(22)21-10-6-4-5-7-11-21/h15-17,19-20H,4-14H2,1-3H3/t16-,17-,19+/m1/s1. The average molecular weight is 325 g/mol. The smallest absolute Gasteiger partial charge is 0.224 e. The molecule has 0 radical (unpaired) electrons. The molecule has 1 N–H and O–H groups in total. The second-order valence-corrected chi connectivity index (χ2v) is 7.79. The molecule has 0 unspecified atom stereocenters. The van der Waals surface area contributed by atoms with Crippen LogP contribution in [0.25, 0.3) is 0 Å². The van der Waals surface area contributed by atoms with Gasteiger partial charge >= 0.3 is 0 Å². The molecule has 3 atom stereocenters. The Labute approximate surface area is 142 Å². The van der Waals surface area contributed by atoms with Crippen LogP contribution in [0.15, 0.2) is 0 Å². The summed E-state index contributed by atoms with van der Waals surface area (Å²) in [7, 11) is 0. The Hall–Kier alpha value is -0.610. The van der Waals surface area contributed by atoms with Gasteiger partial charge in [0.05, 0.1) is 6.10 Å². The molecule has 0 aromatic heterocycles. The molecule has 4 nitrogen and oxygen atoms in total. The molecule has 1 amide bonds. The van der Waals surface area contributed by atoms with Crippen LogP contribution in [-0.4, -0.2) is 49.2 Å². The summed E-state index contributed by atoms with van der Waals surface area (Å²) in [4.78, 5) is 14.5. The zero-order valence-corrected chi connectivity index (χ0v) is 15.4. The van der Waals surface area contributed by atoms with Gasteiger partial charge in [-0.1, -0.05) is 26.7 Å². The summed E-state index contributed by atoms with van der Waals surface area (Å²) in [6.07, 6.45) is 8.28. The first-order chi connectivity index (χ1) is 11.1. The van der Waals surface area contributed by atoms with E-state index in [1.165, 1.54) is 32.1 Å². The molecule has 4 heteroatoms. The number of carbonyl (C=O) groups excluding carboxylic acids is 1. The highest BCUT2D eigenvalue weighted by molar-refractivity contribution is 5.76. The number of likely N-dealkylation sites (tertiary alicyclic amines) is 1. The maximum atomic E-state index is 12.4. The molecule has 0 bridgehead atoms. The molecule has 2 heterocycles. The van der Waals surface area contributed by atoms with Gasteiger partial charge in [-0.05, 0) is 44.4 Å². The molecular weight excluding hydrogens is 288 g/mol. The molecule has 23 heavy (non-hydrogen) atoms. The maximum absolute atomic E-state index is 12.4. The lowest BCUT2D eigenvalue weighted by Gasteiger charge is -2.35.